The molecule has 6 rings (SSSR count). The summed E-state index contributed by atoms with van der Waals surface area (Å²) in [6, 6.07) is 15.7. The molecule has 3 aliphatic rings. The van der Waals surface area contributed by atoms with Crippen molar-refractivity contribution in [1.29, 1.82) is 5.26 Å². The van der Waals surface area contributed by atoms with Crippen molar-refractivity contribution in [2.24, 2.45) is 0 Å². The number of carbonyl (C=O) groups is 1. The van der Waals surface area contributed by atoms with Crippen LogP contribution in [-0.4, -0.2) is 84.0 Å². The first-order valence-electron chi connectivity index (χ1n) is 12.4. The third-order valence-electron chi connectivity index (χ3n) is 6.77. The molecule has 13 heteroatoms. The number of amides is 2. The summed E-state index contributed by atoms with van der Waals surface area (Å²) in [4.78, 5) is 14.8. The number of nitriles is 1. The van der Waals surface area contributed by atoms with Gasteiger partial charge in [-0.1, -0.05) is 17.2 Å². The highest BCUT2D eigenvalue weighted by atomic mass is 16.6. The second-order valence-electron chi connectivity index (χ2n) is 9.17. The first-order chi connectivity index (χ1) is 18.7. The molecule has 13 nitrogen and oxygen atoms in total. The normalized spacial score (nSPS) is 24.4. The van der Waals surface area contributed by atoms with Crippen LogP contribution in [-0.2, 0) is 14.2 Å². The third kappa shape index (κ3) is 4.97. The summed E-state index contributed by atoms with van der Waals surface area (Å²) in [6.07, 6.45) is -0.745. The predicted molar refractivity (Wildman–Crippen MR) is 133 cm³/mol. The summed E-state index contributed by atoms with van der Waals surface area (Å²) < 4.78 is 25.1. The lowest BCUT2D eigenvalue weighted by Gasteiger charge is -2.29. The fraction of sp³-hybridized carbons (Fsp3) is 0.400. The minimum Gasteiger partial charge on any atom is -0.423 e. The van der Waals surface area contributed by atoms with Gasteiger partial charge >= 0.3 is 12.0 Å². The number of hydrogen-bond acceptors (Lipinski definition) is 10. The Morgan fingerprint density at radius 1 is 1.08 bits per heavy atom. The highest BCUT2D eigenvalue weighted by Crippen LogP contribution is 2.36. The van der Waals surface area contributed by atoms with Crippen LogP contribution in [0.4, 0.5) is 16.2 Å². The van der Waals surface area contributed by atoms with E-state index in [0.717, 1.165) is 18.8 Å². The van der Waals surface area contributed by atoms with E-state index in [1.54, 1.807) is 28.9 Å². The number of morpholine rings is 1. The van der Waals surface area contributed by atoms with Crippen molar-refractivity contribution in [3.05, 3.63) is 54.1 Å². The lowest BCUT2D eigenvalue weighted by Crippen LogP contribution is -2.45. The average Bonchev–Trinajstić information content (AvgIpc) is 3.67. The smallest absolute Gasteiger partial charge is 0.341 e. The van der Waals surface area contributed by atoms with Crippen LogP contribution in [0.15, 0.2) is 48.5 Å². The maximum Gasteiger partial charge on any atom is 0.341 e. The molecule has 38 heavy (non-hydrogen) atoms. The van der Waals surface area contributed by atoms with Gasteiger partial charge in [-0.15, -0.1) is 0 Å². The summed E-state index contributed by atoms with van der Waals surface area (Å²) in [5.41, 5.74) is 2.02. The van der Waals surface area contributed by atoms with Gasteiger partial charge in [0.1, 0.15) is 24.0 Å². The molecule has 2 aromatic carbocycles. The molecule has 4 heterocycles. The van der Waals surface area contributed by atoms with Crippen molar-refractivity contribution in [2.45, 2.75) is 24.3 Å². The highest BCUT2D eigenvalue weighted by Gasteiger charge is 2.50. The number of aromatic nitrogens is 4. The number of rotatable bonds is 6. The number of carbonyl (C=O) groups excluding carboxylic acids is 1. The topological polar surface area (TPSA) is 149 Å². The fourth-order valence-corrected chi connectivity index (χ4v) is 4.95. The molecule has 3 saturated heterocycles. The van der Waals surface area contributed by atoms with Crippen LogP contribution in [0.3, 0.4) is 0 Å². The number of urea groups is 1. The Kier molecular flexibility index (Phi) is 6.74. The Labute approximate surface area is 218 Å². The standard InChI is InChI=1S/C25H26N8O5/c26-13-16-3-1-4-17(11-16)27-24(34)28-20-14-36-23-21(15-37-22(20)23)33-25(29-30-31-33)38-19-6-2-5-18(12-19)32-7-9-35-10-8-32/h1-6,11-12,20-23H,7-10,14-15H2,(H2,27,28,34)/t20-,21-,22+,23+/m0/s1. The second kappa shape index (κ2) is 10.6. The van der Waals surface area contributed by atoms with Crippen molar-refractivity contribution in [3.8, 4) is 17.8 Å². The molecule has 0 aliphatic carbocycles. The zero-order chi connectivity index (χ0) is 25.9. The van der Waals surface area contributed by atoms with Crippen LogP contribution < -0.4 is 20.3 Å². The Balaban J connectivity index is 1.10. The number of ether oxygens (including phenoxy) is 4. The van der Waals surface area contributed by atoms with Gasteiger partial charge in [-0.3, -0.25) is 0 Å². The van der Waals surface area contributed by atoms with E-state index >= 15 is 0 Å². The molecule has 3 fully saturated rings. The monoisotopic (exact) mass is 518 g/mol. The summed E-state index contributed by atoms with van der Waals surface area (Å²) in [7, 11) is 0. The molecule has 196 valence electrons. The number of hydrogen-bond donors (Lipinski definition) is 2. The van der Waals surface area contributed by atoms with Crippen LogP contribution in [0.2, 0.25) is 0 Å². The van der Waals surface area contributed by atoms with Crippen LogP contribution in [0.1, 0.15) is 11.6 Å². The molecule has 3 aliphatic heterocycles. The Morgan fingerprint density at radius 2 is 1.92 bits per heavy atom. The van der Waals surface area contributed by atoms with Crippen LogP contribution >= 0.6 is 0 Å². The van der Waals surface area contributed by atoms with E-state index in [4.69, 9.17) is 24.2 Å². The van der Waals surface area contributed by atoms with Crippen LogP contribution in [0, 0.1) is 11.3 Å². The molecule has 4 atom stereocenters. The van der Waals surface area contributed by atoms with Gasteiger partial charge < -0.3 is 34.5 Å². The Hall–Kier alpha value is -4.25. The van der Waals surface area contributed by atoms with Gasteiger partial charge in [-0.25, -0.2) is 4.79 Å². The minimum atomic E-state index is -0.409. The van der Waals surface area contributed by atoms with E-state index in [2.05, 4.69) is 37.1 Å². The molecule has 0 radical (unpaired) electrons. The van der Waals surface area contributed by atoms with Gasteiger partial charge in [0.15, 0.2) is 0 Å². The number of anilines is 2. The van der Waals surface area contributed by atoms with Crippen LogP contribution in [0.25, 0.3) is 0 Å². The molecule has 0 saturated carbocycles. The van der Waals surface area contributed by atoms with Gasteiger partial charge in [0.25, 0.3) is 0 Å². The van der Waals surface area contributed by atoms with Gasteiger partial charge in [-0.2, -0.15) is 9.94 Å². The summed E-state index contributed by atoms with van der Waals surface area (Å²) >= 11 is 0. The van der Waals surface area contributed by atoms with E-state index < -0.39 is 6.03 Å². The van der Waals surface area contributed by atoms with Gasteiger partial charge in [0, 0.05) is 30.5 Å². The van der Waals surface area contributed by atoms with Crippen molar-refractivity contribution in [3.63, 3.8) is 0 Å². The van der Waals surface area contributed by atoms with Crippen molar-refractivity contribution in [1.82, 2.24) is 25.5 Å². The summed E-state index contributed by atoms with van der Waals surface area (Å²) in [6.45, 7) is 3.60. The zero-order valence-corrected chi connectivity index (χ0v) is 20.4. The summed E-state index contributed by atoms with van der Waals surface area (Å²) in [5, 5.41) is 26.7. The quantitative estimate of drug-likeness (QED) is 0.494. The third-order valence-corrected chi connectivity index (χ3v) is 6.77. The van der Waals surface area contributed by atoms with E-state index in [0.29, 0.717) is 36.8 Å². The number of tetrazole rings is 1. The molecule has 0 unspecified atom stereocenters. The maximum atomic E-state index is 12.6. The Bertz CT molecular complexity index is 1340. The lowest BCUT2D eigenvalue weighted by molar-refractivity contribution is 0.0613. The fourth-order valence-electron chi connectivity index (χ4n) is 4.95. The van der Waals surface area contributed by atoms with E-state index in [-0.39, 0.29) is 36.9 Å². The van der Waals surface area contributed by atoms with Crippen molar-refractivity contribution < 1.29 is 23.7 Å². The average molecular weight is 519 g/mol. The van der Waals surface area contributed by atoms with Crippen LogP contribution in [0.5, 0.6) is 11.8 Å². The van der Waals surface area contributed by atoms with Crippen molar-refractivity contribution in [2.75, 3.05) is 49.7 Å². The molecule has 2 N–H and O–H groups in total. The molecule has 0 spiro atoms. The van der Waals surface area contributed by atoms with E-state index in [1.807, 2.05) is 24.3 Å². The van der Waals surface area contributed by atoms with Gasteiger partial charge in [-0.05, 0) is 40.8 Å². The Morgan fingerprint density at radius 3 is 2.79 bits per heavy atom. The number of benzene rings is 2. The zero-order valence-electron chi connectivity index (χ0n) is 20.4. The predicted octanol–water partition coefficient (Wildman–Crippen LogP) is 1.70. The SMILES string of the molecule is N#Cc1cccc(NC(=O)N[C@H]2CO[C@H]3[C@@H]2OC[C@@H]3n2nnnc2Oc2cccc(N3CCOCC3)c2)c1. The second-order valence-corrected chi connectivity index (χ2v) is 9.17. The van der Waals surface area contributed by atoms with E-state index in [9.17, 15) is 4.79 Å². The lowest BCUT2D eigenvalue weighted by atomic mass is 10.1. The number of fused-ring (bicyclic) bond motifs is 1. The summed E-state index contributed by atoms with van der Waals surface area (Å²) in [5.74, 6) is 0.615. The molecule has 3 aromatic rings. The van der Waals surface area contributed by atoms with E-state index in [1.165, 1.54) is 0 Å². The molecule has 0 bridgehead atoms. The molecule has 1 aromatic heterocycles. The maximum absolute atomic E-state index is 12.6. The van der Waals surface area contributed by atoms with Crippen molar-refractivity contribution >= 4 is 17.4 Å². The number of nitrogens with one attached hydrogen (secondary N) is 2. The molecular formula is C25H26N8O5. The largest absolute Gasteiger partial charge is 0.423 e. The minimum absolute atomic E-state index is 0.230. The first kappa shape index (κ1) is 24.1. The molecule has 2 amide bonds. The molecular weight excluding hydrogens is 492 g/mol. The van der Waals surface area contributed by atoms with Gasteiger partial charge in [0.05, 0.1) is 44.1 Å². The van der Waals surface area contributed by atoms with Gasteiger partial charge in [0.2, 0.25) is 0 Å². The number of nitrogens with zero attached hydrogens (tertiary/aromatic N) is 6. The first-order valence-corrected chi connectivity index (χ1v) is 12.4. The highest BCUT2D eigenvalue weighted by molar-refractivity contribution is 5.89.